The molecule has 1 aromatic rings. The third-order valence-corrected chi connectivity index (χ3v) is 2.39. The fraction of sp³-hybridized carbons (Fsp3) is 0.467. The maximum atomic E-state index is 12.8. The van der Waals surface area contributed by atoms with Crippen LogP contribution in [0.1, 0.15) is 38.3 Å². The van der Waals surface area contributed by atoms with Gasteiger partial charge in [0.05, 0.1) is 0 Å². The third-order valence-electron chi connectivity index (χ3n) is 2.39. The quantitative estimate of drug-likeness (QED) is 0.679. The Bertz CT molecular complexity index is 493. The number of carbonyl (C=O) groups is 1. The van der Waals surface area contributed by atoms with Gasteiger partial charge in [0.15, 0.2) is 0 Å². The summed E-state index contributed by atoms with van der Waals surface area (Å²) in [6, 6.07) is 1.39. The molecule has 0 aliphatic heterocycles. The van der Waals surface area contributed by atoms with E-state index in [1.807, 2.05) is 39.8 Å². The van der Waals surface area contributed by atoms with E-state index in [1.54, 1.807) is 0 Å². The lowest BCUT2D eigenvalue weighted by Gasteiger charge is -2.19. The molecular weight excluding hydrogens is 259 g/mol. The highest BCUT2D eigenvalue weighted by molar-refractivity contribution is 5.67. The zero-order valence-electron chi connectivity index (χ0n) is 12.4. The molecule has 0 aliphatic carbocycles. The van der Waals surface area contributed by atoms with Gasteiger partial charge in [0.1, 0.15) is 5.60 Å². The Hall–Kier alpha value is -1.91. The van der Waals surface area contributed by atoms with E-state index in [9.17, 15) is 9.18 Å². The SMILES string of the molecule is Cc1cc(F)ncc1C=CCCNC(=O)OC(C)(C)C. The van der Waals surface area contributed by atoms with Crippen LogP contribution in [0.4, 0.5) is 9.18 Å². The van der Waals surface area contributed by atoms with Gasteiger partial charge in [-0.1, -0.05) is 12.2 Å². The van der Waals surface area contributed by atoms with Gasteiger partial charge in [-0.2, -0.15) is 4.39 Å². The number of aromatic nitrogens is 1. The summed E-state index contributed by atoms with van der Waals surface area (Å²) >= 11 is 0. The Morgan fingerprint density at radius 3 is 2.80 bits per heavy atom. The molecule has 0 spiro atoms. The summed E-state index contributed by atoms with van der Waals surface area (Å²) in [5, 5.41) is 2.66. The van der Waals surface area contributed by atoms with Crippen molar-refractivity contribution in [3.63, 3.8) is 0 Å². The third kappa shape index (κ3) is 6.31. The van der Waals surface area contributed by atoms with Crippen molar-refractivity contribution in [3.05, 3.63) is 35.4 Å². The minimum atomic E-state index is -0.489. The van der Waals surface area contributed by atoms with Crippen molar-refractivity contribution in [2.24, 2.45) is 0 Å². The number of rotatable bonds is 4. The molecule has 5 heteroatoms. The smallest absolute Gasteiger partial charge is 0.407 e. The average molecular weight is 280 g/mol. The molecule has 1 rings (SSSR count). The molecule has 1 N–H and O–H groups in total. The monoisotopic (exact) mass is 280 g/mol. The van der Waals surface area contributed by atoms with Crippen LogP contribution in [-0.4, -0.2) is 23.2 Å². The molecule has 0 aliphatic rings. The van der Waals surface area contributed by atoms with Crippen molar-refractivity contribution in [3.8, 4) is 0 Å². The van der Waals surface area contributed by atoms with Gasteiger partial charge in [0, 0.05) is 12.7 Å². The van der Waals surface area contributed by atoms with Gasteiger partial charge in [0.2, 0.25) is 5.95 Å². The van der Waals surface area contributed by atoms with Gasteiger partial charge in [-0.05, 0) is 51.3 Å². The number of pyridine rings is 1. The first-order valence-corrected chi connectivity index (χ1v) is 6.53. The van der Waals surface area contributed by atoms with E-state index >= 15 is 0 Å². The van der Waals surface area contributed by atoms with Crippen molar-refractivity contribution in [2.45, 2.75) is 39.7 Å². The molecule has 0 saturated carbocycles. The van der Waals surface area contributed by atoms with Gasteiger partial charge < -0.3 is 10.1 Å². The van der Waals surface area contributed by atoms with E-state index in [0.29, 0.717) is 13.0 Å². The molecule has 0 aromatic carbocycles. The van der Waals surface area contributed by atoms with Crippen LogP contribution in [0, 0.1) is 12.9 Å². The van der Waals surface area contributed by atoms with Crippen LogP contribution in [0.2, 0.25) is 0 Å². The predicted molar refractivity (Wildman–Crippen MR) is 76.8 cm³/mol. The highest BCUT2D eigenvalue weighted by Crippen LogP contribution is 2.10. The largest absolute Gasteiger partial charge is 0.444 e. The molecule has 0 unspecified atom stereocenters. The second-order valence-corrected chi connectivity index (χ2v) is 5.48. The van der Waals surface area contributed by atoms with E-state index in [1.165, 1.54) is 12.3 Å². The van der Waals surface area contributed by atoms with Crippen molar-refractivity contribution in [1.82, 2.24) is 10.3 Å². The number of amides is 1. The molecule has 1 heterocycles. The highest BCUT2D eigenvalue weighted by atomic mass is 19.1. The number of nitrogens with one attached hydrogen (secondary N) is 1. The zero-order valence-corrected chi connectivity index (χ0v) is 12.4. The van der Waals surface area contributed by atoms with Gasteiger partial charge >= 0.3 is 6.09 Å². The van der Waals surface area contributed by atoms with Gasteiger partial charge in [-0.15, -0.1) is 0 Å². The van der Waals surface area contributed by atoms with Gasteiger partial charge in [-0.25, -0.2) is 9.78 Å². The maximum Gasteiger partial charge on any atom is 0.407 e. The van der Waals surface area contributed by atoms with Crippen LogP contribution in [0.15, 0.2) is 18.3 Å². The summed E-state index contributed by atoms with van der Waals surface area (Å²) in [5.74, 6) is -0.480. The lowest BCUT2D eigenvalue weighted by molar-refractivity contribution is 0.0529. The molecule has 0 saturated heterocycles. The van der Waals surface area contributed by atoms with E-state index in [2.05, 4.69) is 10.3 Å². The summed E-state index contributed by atoms with van der Waals surface area (Å²) < 4.78 is 17.9. The fourth-order valence-corrected chi connectivity index (χ4v) is 1.49. The number of carbonyl (C=O) groups excluding carboxylic acids is 1. The number of ether oxygens (including phenoxy) is 1. The van der Waals surface area contributed by atoms with E-state index in [4.69, 9.17) is 4.74 Å². The lowest BCUT2D eigenvalue weighted by Crippen LogP contribution is -2.32. The number of hydrogen-bond acceptors (Lipinski definition) is 3. The first-order chi connectivity index (χ1) is 9.28. The summed E-state index contributed by atoms with van der Waals surface area (Å²) in [4.78, 5) is 15.0. The van der Waals surface area contributed by atoms with E-state index in [0.717, 1.165) is 11.1 Å². The van der Waals surface area contributed by atoms with Crippen LogP contribution >= 0.6 is 0 Å². The molecular formula is C15H21FN2O2. The highest BCUT2D eigenvalue weighted by Gasteiger charge is 2.15. The van der Waals surface area contributed by atoms with E-state index < -0.39 is 17.6 Å². The van der Waals surface area contributed by atoms with Crippen LogP contribution in [0.25, 0.3) is 6.08 Å². The molecule has 1 amide bonds. The van der Waals surface area contributed by atoms with Crippen molar-refractivity contribution < 1.29 is 13.9 Å². The summed E-state index contributed by atoms with van der Waals surface area (Å²) in [6.45, 7) is 7.76. The van der Waals surface area contributed by atoms with Gasteiger partial charge in [0.25, 0.3) is 0 Å². The summed E-state index contributed by atoms with van der Waals surface area (Å²) in [7, 11) is 0. The van der Waals surface area contributed by atoms with Crippen molar-refractivity contribution in [1.29, 1.82) is 0 Å². The van der Waals surface area contributed by atoms with Crippen molar-refractivity contribution in [2.75, 3.05) is 6.54 Å². The minimum Gasteiger partial charge on any atom is -0.444 e. The number of halogens is 1. The van der Waals surface area contributed by atoms with Crippen molar-refractivity contribution >= 4 is 12.2 Å². The van der Waals surface area contributed by atoms with E-state index in [-0.39, 0.29) is 0 Å². The van der Waals surface area contributed by atoms with Crippen LogP contribution in [0.5, 0.6) is 0 Å². The number of nitrogens with zero attached hydrogens (tertiary/aromatic N) is 1. The van der Waals surface area contributed by atoms with Crippen LogP contribution in [0.3, 0.4) is 0 Å². The Kier molecular flexibility index (Phi) is 5.67. The number of aryl methyl sites for hydroxylation is 1. The fourth-order valence-electron chi connectivity index (χ4n) is 1.49. The summed E-state index contributed by atoms with van der Waals surface area (Å²) in [5.41, 5.74) is 1.20. The molecule has 0 atom stereocenters. The Balaban J connectivity index is 2.34. The molecule has 20 heavy (non-hydrogen) atoms. The Morgan fingerprint density at radius 1 is 1.50 bits per heavy atom. The Labute approximate surface area is 119 Å². The summed E-state index contributed by atoms with van der Waals surface area (Å²) in [6.07, 6.45) is 5.49. The second kappa shape index (κ2) is 7.03. The normalized spacial score (nSPS) is 11.7. The zero-order chi connectivity index (χ0) is 15.2. The lowest BCUT2D eigenvalue weighted by atomic mass is 10.1. The molecule has 0 fully saturated rings. The molecule has 1 aromatic heterocycles. The average Bonchev–Trinajstić information content (AvgIpc) is 2.28. The standard InChI is InChI=1S/C15H21FN2O2/c1-11-9-13(16)18-10-12(11)7-5-6-8-17-14(19)20-15(2,3)4/h5,7,9-10H,6,8H2,1-4H3,(H,17,19). The molecule has 4 nitrogen and oxygen atoms in total. The number of alkyl carbamates (subject to hydrolysis) is 1. The second-order valence-electron chi connectivity index (χ2n) is 5.48. The molecule has 0 bridgehead atoms. The molecule has 0 radical (unpaired) electrons. The number of hydrogen-bond donors (Lipinski definition) is 1. The Morgan fingerprint density at radius 2 is 2.20 bits per heavy atom. The maximum absolute atomic E-state index is 12.8. The first kappa shape index (κ1) is 16.1. The van der Waals surface area contributed by atoms with Gasteiger partial charge in [-0.3, -0.25) is 0 Å². The topological polar surface area (TPSA) is 51.2 Å². The first-order valence-electron chi connectivity index (χ1n) is 6.53. The minimum absolute atomic E-state index is 0.425. The van der Waals surface area contributed by atoms with Crippen LogP contribution < -0.4 is 5.32 Å². The van der Waals surface area contributed by atoms with Crippen LogP contribution in [-0.2, 0) is 4.74 Å². The predicted octanol–water partition coefficient (Wildman–Crippen LogP) is 3.46. The molecule has 110 valence electrons.